The maximum Gasteiger partial charge on any atom is 0.325 e. The number of hydrogen-bond donors (Lipinski definition) is 1. The summed E-state index contributed by atoms with van der Waals surface area (Å²) in [5.74, 6) is -1.07. The second-order valence-electron chi connectivity index (χ2n) is 5.09. The van der Waals surface area contributed by atoms with Gasteiger partial charge in [0, 0.05) is 25.3 Å². The van der Waals surface area contributed by atoms with Crippen LogP contribution in [0.1, 0.15) is 13.8 Å². The zero-order chi connectivity index (χ0) is 16.2. The van der Waals surface area contributed by atoms with E-state index < -0.39 is 16.0 Å². The fourth-order valence-electron chi connectivity index (χ4n) is 2.18. The molecule has 1 aromatic rings. The van der Waals surface area contributed by atoms with Gasteiger partial charge in [-0.25, -0.2) is 8.42 Å². The van der Waals surface area contributed by atoms with Gasteiger partial charge in [0.25, 0.3) is 0 Å². The van der Waals surface area contributed by atoms with E-state index in [0.29, 0.717) is 13.1 Å². The first-order valence-corrected chi connectivity index (χ1v) is 8.03. The van der Waals surface area contributed by atoms with Crippen molar-refractivity contribution < 1.29 is 18.3 Å². The van der Waals surface area contributed by atoms with Crippen LogP contribution in [0.25, 0.3) is 0 Å². The molecule has 21 heavy (non-hydrogen) atoms. The van der Waals surface area contributed by atoms with E-state index in [2.05, 4.69) is 5.10 Å². The maximum absolute atomic E-state index is 12.6. The Hall–Kier alpha value is -1.45. The lowest BCUT2D eigenvalue weighted by Crippen LogP contribution is -2.43. The highest BCUT2D eigenvalue weighted by Gasteiger charge is 2.29. The molecule has 1 unspecified atom stereocenters. The van der Waals surface area contributed by atoms with Crippen molar-refractivity contribution in [2.45, 2.75) is 31.3 Å². The standard InChI is InChI=1S/C12H22N4O4S/c1-5-16(10(2)7-14(3)4)21(19,20)11-6-13-15(8-11)9-12(17)18/h6,8,10H,5,7,9H2,1-4H3,(H,17,18). The molecule has 120 valence electrons. The first-order chi connectivity index (χ1) is 9.68. The highest BCUT2D eigenvalue weighted by molar-refractivity contribution is 7.89. The van der Waals surface area contributed by atoms with Crippen LogP contribution in [0.3, 0.4) is 0 Å². The minimum absolute atomic E-state index is 0.0104. The van der Waals surface area contributed by atoms with Crippen molar-refractivity contribution in [2.24, 2.45) is 0 Å². The number of likely N-dealkylation sites (N-methyl/N-ethyl adjacent to an activating group) is 2. The number of carbonyl (C=O) groups is 1. The Bertz CT molecular complexity index is 582. The molecular formula is C12H22N4O4S. The van der Waals surface area contributed by atoms with Crippen molar-refractivity contribution in [3.63, 3.8) is 0 Å². The van der Waals surface area contributed by atoms with Crippen LogP contribution in [0.2, 0.25) is 0 Å². The summed E-state index contributed by atoms with van der Waals surface area (Å²) in [5.41, 5.74) is 0. The predicted octanol–water partition coefficient (Wildman–Crippen LogP) is -0.0716. The van der Waals surface area contributed by atoms with Crippen LogP contribution >= 0.6 is 0 Å². The molecule has 0 amide bonds. The molecule has 8 nitrogen and oxygen atoms in total. The first kappa shape index (κ1) is 17.6. The number of nitrogens with zero attached hydrogens (tertiary/aromatic N) is 4. The monoisotopic (exact) mass is 318 g/mol. The molecule has 0 fully saturated rings. The first-order valence-electron chi connectivity index (χ1n) is 6.59. The second kappa shape index (κ2) is 7.01. The molecule has 0 aliphatic carbocycles. The summed E-state index contributed by atoms with van der Waals surface area (Å²) in [6.45, 7) is 4.17. The third-order valence-corrected chi connectivity index (χ3v) is 4.99. The van der Waals surface area contributed by atoms with Crippen molar-refractivity contribution >= 4 is 16.0 Å². The van der Waals surface area contributed by atoms with E-state index in [1.807, 2.05) is 25.9 Å². The van der Waals surface area contributed by atoms with Gasteiger partial charge in [-0.3, -0.25) is 9.48 Å². The van der Waals surface area contributed by atoms with Gasteiger partial charge in [0.15, 0.2) is 0 Å². The summed E-state index contributed by atoms with van der Waals surface area (Å²) in [4.78, 5) is 12.5. The van der Waals surface area contributed by atoms with Crippen LogP contribution in [-0.2, 0) is 21.4 Å². The largest absolute Gasteiger partial charge is 0.480 e. The van der Waals surface area contributed by atoms with Gasteiger partial charge in [0.1, 0.15) is 11.4 Å². The molecule has 0 saturated heterocycles. The van der Waals surface area contributed by atoms with Crippen LogP contribution in [-0.4, -0.2) is 71.7 Å². The summed E-state index contributed by atoms with van der Waals surface area (Å²) in [6, 6.07) is -0.196. The Balaban J connectivity index is 3.01. The van der Waals surface area contributed by atoms with Crippen LogP contribution in [0.5, 0.6) is 0 Å². The highest BCUT2D eigenvalue weighted by Crippen LogP contribution is 2.17. The average molecular weight is 318 g/mol. The van der Waals surface area contributed by atoms with Gasteiger partial charge in [-0.2, -0.15) is 9.40 Å². The minimum Gasteiger partial charge on any atom is -0.480 e. The Morgan fingerprint density at radius 2 is 2.10 bits per heavy atom. The third-order valence-electron chi connectivity index (χ3n) is 2.95. The Labute approximate surface area is 125 Å². The quantitative estimate of drug-likeness (QED) is 0.721. The van der Waals surface area contributed by atoms with E-state index in [0.717, 1.165) is 4.68 Å². The van der Waals surface area contributed by atoms with Crippen molar-refractivity contribution in [3.05, 3.63) is 12.4 Å². The van der Waals surface area contributed by atoms with E-state index in [-0.39, 0.29) is 17.5 Å². The molecule has 0 aliphatic heterocycles. The zero-order valence-corrected chi connectivity index (χ0v) is 13.5. The number of hydrogen-bond acceptors (Lipinski definition) is 5. The molecule has 0 spiro atoms. The van der Waals surface area contributed by atoms with Gasteiger partial charge < -0.3 is 10.0 Å². The molecule has 1 N–H and O–H groups in total. The van der Waals surface area contributed by atoms with Crippen molar-refractivity contribution in [3.8, 4) is 0 Å². The van der Waals surface area contributed by atoms with Crippen molar-refractivity contribution in [2.75, 3.05) is 27.2 Å². The molecule has 0 radical (unpaired) electrons. The van der Waals surface area contributed by atoms with Gasteiger partial charge in [0.05, 0.1) is 6.20 Å². The summed E-state index contributed by atoms with van der Waals surface area (Å²) >= 11 is 0. The highest BCUT2D eigenvalue weighted by atomic mass is 32.2. The number of aromatic nitrogens is 2. The number of rotatable bonds is 8. The Kier molecular flexibility index (Phi) is 5.87. The second-order valence-corrected chi connectivity index (χ2v) is 6.98. The number of sulfonamides is 1. The molecular weight excluding hydrogens is 296 g/mol. The maximum atomic E-state index is 12.6. The van der Waals surface area contributed by atoms with Gasteiger partial charge in [-0.1, -0.05) is 6.92 Å². The SMILES string of the molecule is CCN(C(C)CN(C)C)S(=O)(=O)c1cnn(CC(=O)O)c1. The zero-order valence-electron chi connectivity index (χ0n) is 12.7. The normalized spacial score (nSPS) is 13.8. The molecule has 0 saturated carbocycles. The van der Waals surface area contributed by atoms with Crippen molar-refractivity contribution in [1.82, 2.24) is 19.0 Å². The van der Waals surface area contributed by atoms with E-state index in [9.17, 15) is 13.2 Å². The van der Waals surface area contributed by atoms with Gasteiger partial charge in [-0.15, -0.1) is 0 Å². The van der Waals surface area contributed by atoms with E-state index in [1.165, 1.54) is 16.7 Å². The Morgan fingerprint density at radius 3 is 2.57 bits per heavy atom. The predicted molar refractivity (Wildman–Crippen MR) is 77.4 cm³/mol. The van der Waals surface area contributed by atoms with E-state index in [1.54, 1.807) is 6.92 Å². The van der Waals surface area contributed by atoms with Crippen LogP contribution in [0, 0.1) is 0 Å². The number of aliphatic carboxylic acids is 1. The summed E-state index contributed by atoms with van der Waals surface area (Å²) in [5, 5.41) is 12.5. The molecule has 1 heterocycles. The lowest BCUT2D eigenvalue weighted by Gasteiger charge is -2.28. The molecule has 9 heteroatoms. The lowest BCUT2D eigenvalue weighted by molar-refractivity contribution is -0.137. The summed E-state index contributed by atoms with van der Waals surface area (Å²) < 4.78 is 27.7. The van der Waals surface area contributed by atoms with E-state index in [4.69, 9.17) is 5.11 Å². The minimum atomic E-state index is -3.68. The molecule has 1 atom stereocenters. The van der Waals surface area contributed by atoms with Gasteiger partial charge >= 0.3 is 5.97 Å². The summed E-state index contributed by atoms with van der Waals surface area (Å²) in [6.07, 6.45) is 2.43. The van der Waals surface area contributed by atoms with Crippen LogP contribution in [0.15, 0.2) is 17.3 Å². The molecule has 1 rings (SSSR count). The topological polar surface area (TPSA) is 95.7 Å². The van der Waals surface area contributed by atoms with Crippen LogP contribution < -0.4 is 0 Å². The molecule has 1 aromatic heterocycles. The van der Waals surface area contributed by atoms with Crippen molar-refractivity contribution in [1.29, 1.82) is 0 Å². The molecule has 0 aromatic carbocycles. The average Bonchev–Trinajstić information content (AvgIpc) is 2.76. The smallest absolute Gasteiger partial charge is 0.325 e. The summed E-state index contributed by atoms with van der Waals surface area (Å²) in [7, 11) is 0.0731. The van der Waals surface area contributed by atoms with Crippen LogP contribution in [0.4, 0.5) is 0 Å². The van der Waals surface area contributed by atoms with Gasteiger partial charge in [-0.05, 0) is 21.0 Å². The molecule has 0 aliphatic rings. The van der Waals surface area contributed by atoms with Gasteiger partial charge in [0.2, 0.25) is 10.0 Å². The number of carboxylic acids is 1. The third kappa shape index (κ3) is 4.51. The Morgan fingerprint density at radius 1 is 1.48 bits per heavy atom. The number of carboxylic acid groups (broad SMARTS) is 1. The van der Waals surface area contributed by atoms with E-state index >= 15 is 0 Å². The fraction of sp³-hybridized carbons (Fsp3) is 0.667. The fourth-order valence-corrected chi connectivity index (χ4v) is 3.76. The lowest BCUT2D eigenvalue weighted by atomic mass is 10.3. The molecule has 0 bridgehead atoms.